The van der Waals surface area contributed by atoms with Crippen molar-refractivity contribution in [3.05, 3.63) is 0 Å². The molecule has 3 heteroatoms. The summed E-state index contributed by atoms with van der Waals surface area (Å²) >= 11 is 3.49. The van der Waals surface area contributed by atoms with Crippen molar-refractivity contribution in [3.63, 3.8) is 0 Å². The van der Waals surface area contributed by atoms with Crippen LogP contribution in [0.2, 0.25) is 0 Å². The normalized spacial score (nSPS) is 20.5. The first kappa shape index (κ1) is 11.5. The Kier molecular flexibility index (Phi) is 4.70. The monoisotopic (exact) mass is 250 g/mol. The van der Waals surface area contributed by atoms with Gasteiger partial charge in [-0.3, -0.25) is 0 Å². The molecule has 1 fully saturated rings. The second-order valence-electron chi connectivity index (χ2n) is 4.42. The number of ether oxygens (including phenoxy) is 2. The smallest absolute Gasteiger partial charge is 0.0619 e. The van der Waals surface area contributed by atoms with E-state index in [1.807, 2.05) is 0 Å². The lowest BCUT2D eigenvalue weighted by atomic mass is 9.98. The van der Waals surface area contributed by atoms with Crippen molar-refractivity contribution in [3.8, 4) is 0 Å². The van der Waals surface area contributed by atoms with Crippen LogP contribution in [-0.4, -0.2) is 31.3 Å². The van der Waals surface area contributed by atoms with E-state index in [0.29, 0.717) is 6.10 Å². The molecule has 1 aliphatic heterocycles. The molecule has 1 aliphatic rings. The van der Waals surface area contributed by atoms with E-state index in [-0.39, 0.29) is 5.41 Å². The number of rotatable bonds is 4. The molecule has 0 aromatic heterocycles. The Labute approximate surface area is 89.1 Å². The Morgan fingerprint density at radius 3 is 2.54 bits per heavy atom. The largest absolute Gasteiger partial charge is 0.381 e. The third-order valence-corrected chi connectivity index (χ3v) is 3.76. The number of alkyl halides is 1. The van der Waals surface area contributed by atoms with Crippen molar-refractivity contribution < 1.29 is 9.47 Å². The molecule has 0 radical (unpaired) electrons. The molecule has 0 amide bonds. The first-order valence-corrected chi connectivity index (χ1v) is 6.01. The highest BCUT2D eigenvalue weighted by Gasteiger charge is 2.20. The van der Waals surface area contributed by atoms with Crippen LogP contribution >= 0.6 is 15.9 Å². The van der Waals surface area contributed by atoms with Crippen LogP contribution in [0.1, 0.15) is 26.7 Å². The molecule has 0 N–H and O–H groups in total. The van der Waals surface area contributed by atoms with Crippen molar-refractivity contribution in [2.75, 3.05) is 25.2 Å². The molecule has 1 heterocycles. The Morgan fingerprint density at radius 1 is 1.38 bits per heavy atom. The fourth-order valence-electron chi connectivity index (χ4n) is 1.22. The summed E-state index contributed by atoms with van der Waals surface area (Å²) in [5.74, 6) is 0. The van der Waals surface area contributed by atoms with Crippen LogP contribution in [0.5, 0.6) is 0 Å². The van der Waals surface area contributed by atoms with Crippen LogP contribution < -0.4 is 0 Å². The van der Waals surface area contributed by atoms with Crippen LogP contribution in [0.15, 0.2) is 0 Å². The highest BCUT2D eigenvalue weighted by atomic mass is 79.9. The Morgan fingerprint density at radius 2 is 2.00 bits per heavy atom. The van der Waals surface area contributed by atoms with Gasteiger partial charge in [0, 0.05) is 18.5 Å². The number of hydrogen-bond acceptors (Lipinski definition) is 2. The molecule has 0 aromatic rings. The second-order valence-corrected chi connectivity index (χ2v) is 4.98. The van der Waals surface area contributed by atoms with Gasteiger partial charge in [0.25, 0.3) is 0 Å². The molecule has 0 bridgehead atoms. The van der Waals surface area contributed by atoms with Gasteiger partial charge in [-0.25, -0.2) is 0 Å². The van der Waals surface area contributed by atoms with E-state index in [1.54, 1.807) is 0 Å². The summed E-state index contributed by atoms with van der Waals surface area (Å²) in [5, 5.41) is 0.989. The van der Waals surface area contributed by atoms with Crippen molar-refractivity contribution in [2.45, 2.75) is 32.8 Å². The summed E-state index contributed by atoms with van der Waals surface area (Å²) in [7, 11) is 0. The highest BCUT2D eigenvalue weighted by Crippen LogP contribution is 2.21. The van der Waals surface area contributed by atoms with Crippen molar-refractivity contribution in [2.24, 2.45) is 5.41 Å². The SMILES string of the molecule is CC(C)(CBr)COC1CCOCC1. The van der Waals surface area contributed by atoms with Gasteiger partial charge >= 0.3 is 0 Å². The van der Waals surface area contributed by atoms with Crippen LogP contribution in [0.25, 0.3) is 0 Å². The molecule has 0 saturated carbocycles. The molecule has 0 unspecified atom stereocenters. The van der Waals surface area contributed by atoms with E-state index in [0.717, 1.165) is 38.0 Å². The summed E-state index contributed by atoms with van der Waals surface area (Å²) in [4.78, 5) is 0. The van der Waals surface area contributed by atoms with Gasteiger partial charge in [-0.1, -0.05) is 29.8 Å². The van der Waals surface area contributed by atoms with Gasteiger partial charge in [-0.2, -0.15) is 0 Å². The van der Waals surface area contributed by atoms with Gasteiger partial charge in [0.15, 0.2) is 0 Å². The topological polar surface area (TPSA) is 18.5 Å². The van der Waals surface area contributed by atoms with E-state index in [1.165, 1.54) is 0 Å². The molecule has 78 valence electrons. The quantitative estimate of drug-likeness (QED) is 0.715. The summed E-state index contributed by atoms with van der Waals surface area (Å²) in [5.41, 5.74) is 0.248. The molecule has 2 nitrogen and oxygen atoms in total. The number of halogens is 1. The zero-order chi connectivity index (χ0) is 9.73. The summed E-state index contributed by atoms with van der Waals surface area (Å²) in [6.07, 6.45) is 2.53. The van der Waals surface area contributed by atoms with Crippen molar-refractivity contribution in [1.29, 1.82) is 0 Å². The van der Waals surface area contributed by atoms with Gasteiger partial charge in [-0.15, -0.1) is 0 Å². The second kappa shape index (κ2) is 5.32. The van der Waals surface area contributed by atoms with E-state index in [2.05, 4.69) is 29.8 Å². The van der Waals surface area contributed by atoms with Gasteiger partial charge in [0.1, 0.15) is 0 Å². The summed E-state index contributed by atoms with van der Waals surface area (Å²) in [6, 6.07) is 0. The summed E-state index contributed by atoms with van der Waals surface area (Å²) in [6.45, 7) is 6.98. The van der Waals surface area contributed by atoms with E-state index in [9.17, 15) is 0 Å². The fraction of sp³-hybridized carbons (Fsp3) is 1.00. The van der Waals surface area contributed by atoms with E-state index >= 15 is 0 Å². The molecule has 0 aromatic carbocycles. The molecule has 13 heavy (non-hydrogen) atoms. The van der Waals surface area contributed by atoms with Crippen molar-refractivity contribution >= 4 is 15.9 Å². The minimum Gasteiger partial charge on any atom is -0.381 e. The Balaban J connectivity index is 2.17. The maximum atomic E-state index is 5.83. The predicted molar refractivity (Wildman–Crippen MR) is 57.4 cm³/mol. The third kappa shape index (κ3) is 4.43. The average molecular weight is 251 g/mol. The standard InChI is InChI=1S/C10H19BrO2/c1-10(2,7-11)8-13-9-3-5-12-6-4-9/h9H,3-8H2,1-2H3. The Bertz CT molecular complexity index is 142. The summed E-state index contributed by atoms with van der Waals surface area (Å²) < 4.78 is 11.1. The molecule has 0 atom stereocenters. The Hall–Kier alpha value is 0.400. The zero-order valence-electron chi connectivity index (χ0n) is 8.51. The molecule has 1 rings (SSSR count). The molecular weight excluding hydrogens is 232 g/mol. The molecular formula is C10H19BrO2. The van der Waals surface area contributed by atoms with Crippen LogP contribution in [0.3, 0.4) is 0 Å². The first-order chi connectivity index (χ1) is 6.14. The molecule has 1 saturated heterocycles. The van der Waals surface area contributed by atoms with Gasteiger partial charge in [0.2, 0.25) is 0 Å². The number of hydrogen-bond donors (Lipinski definition) is 0. The minimum atomic E-state index is 0.248. The maximum absolute atomic E-state index is 5.83. The lowest BCUT2D eigenvalue weighted by molar-refractivity contribution is -0.0518. The zero-order valence-corrected chi connectivity index (χ0v) is 10.1. The van der Waals surface area contributed by atoms with Crippen molar-refractivity contribution in [1.82, 2.24) is 0 Å². The maximum Gasteiger partial charge on any atom is 0.0619 e. The van der Waals surface area contributed by atoms with Gasteiger partial charge in [0.05, 0.1) is 12.7 Å². The van der Waals surface area contributed by atoms with Crippen LogP contribution in [0.4, 0.5) is 0 Å². The third-order valence-electron chi connectivity index (χ3n) is 2.24. The first-order valence-electron chi connectivity index (χ1n) is 4.89. The highest BCUT2D eigenvalue weighted by molar-refractivity contribution is 9.09. The van der Waals surface area contributed by atoms with Crippen LogP contribution in [0, 0.1) is 5.41 Å². The fourth-order valence-corrected chi connectivity index (χ4v) is 1.39. The lowest BCUT2D eigenvalue weighted by Gasteiger charge is -2.28. The van der Waals surface area contributed by atoms with E-state index < -0.39 is 0 Å². The minimum absolute atomic E-state index is 0.248. The predicted octanol–water partition coefficient (Wildman–Crippen LogP) is 2.60. The molecule has 0 aliphatic carbocycles. The lowest BCUT2D eigenvalue weighted by Crippen LogP contribution is -2.29. The molecule has 0 spiro atoms. The van der Waals surface area contributed by atoms with E-state index in [4.69, 9.17) is 9.47 Å². The van der Waals surface area contributed by atoms with Gasteiger partial charge in [-0.05, 0) is 18.3 Å². The van der Waals surface area contributed by atoms with Gasteiger partial charge < -0.3 is 9.47 Å². The average Bonchev–Trinajstić information content (AvgIpc) is 2.17. The van der Waals surface area contributed by atoms with Crippen LogP contribution in [-0.2, 0) is 9.47 Å².